The van der Waals surface area contributed by atoms with E-state index in [0.717, 1.165) is 0 Å². The van der Waals surface area contributed by atoms with Gasteiger partial charge in [0.2, 0.25) is 0 Å². The fraction of sp³-hybridized carbons (Fsp3) is 1.00. The molecule has 0 spiro atoms. The van der Waals surface area contributed by atoms with Crippen molar-refractivity contribution in [3.63, 3.8) is 0 Å². The number of hydrogen-bond acceptors (Lipinski definition) is 42. The van der Waals surface area contributed by atoms with E-state index in [0.29, 0.717) is 131 Å². The fourth-order valence-corrected chi connectivity index (χ4v) is 20.3. The van der Waals surface area contributed by atoms with Crippen LogP contribution in [-0.2, 0) is 66.3 Å². The van der Waals surface area contributed by atoms with Gasteiger partial charge in [0.15, 0.2) is 44.0 Å². The van der Waals surface area contributed by atoms with Crippen molar-refractivity contribution in [1.29, 1.82) is 0 Å². The van der Waals surface area contributed by atoms with Crippen LogP contribution in [0.2, 0.25) is 0 Å². The van der Waals surface area contributed by atoms with E-state index in [-0.39, 0.29) is 40.3 Å². The Labute approximate surface area is 642 Å². The lowest BCUT2D eigenvalue weighted by Crippen LogP contribution is -2.68. The fourth-order valence-electron chi connectivity index (χ4n) is 13.0. The second-order valence-corrected chi connectivity index (χ2v) is 34.9. The second kappa shape index (κ2) is 47.3. The van der Waals surface area contributed by atoms with Crippen LogP contribution in [0, 0.1) is 0 Å². The van der Waals surface area contributed by atoms with E-state index in [4.69, 9.17) is 106 Å². The predicted molar refractivity (Wildman–Crippen MR) is 396 cm³/mol. The van der Waals surface area contributed by atoms with Crippen molar-refractivity contribution < 1.29 is 138 Å². The van der Waals surface area contributed by atoms with E-state index in [1.165, 1.54) is 82.3 Å². The van der Waals surface area contributed by atoms with Gasteiger partial charge in [-0.2, -0.15) is 82.3 Å². The molecule has 0 saturated carbocycles. The lowest BCUT2D eigenvalue weighted by atomic mass is 9.95. The van der Waals surface area contributed by atoms with Gasteiger partial charge in [-0.3, -0.25) is 0 Å². The third-order valence-electron chi connectivity index (χ3n) is 18.9. The standard InChI is InChI=1S/C63H119N7O28S7/c64-8-1-15-99-22-29-50-36(71)43(78)57(85-29)93-51-30(23-100-16-2-9-65)87-59(45(80)38(51)73)95-53-32(25-102-18-4-11-67)89-61(47(82)40(53)75)97-55-34(27-104-20-6-13-69)91-63(49(84)42(55)77)98-56-35(28-105-21-7-14-70)90-62(48(83)41(56)76)96-54-33(26-103-19-5-12-68)88-60(46(81)39(54)74)94-52-31(24-101-17-3-10-66)86-58(92-50)44(79)37(52)72/h29-63,71-84H,1-28,64-70H2/t29-,30-,31-,32-,33-,34-,35-,36-,37-,38-,39-,40-,41-,42-,43-,44-,45-,46-,47-,48-,49-,50-,51-,52-,53-,54-,55-,56-,57+,58+,59+,60+,61+,62+,63+/m1/s1. The molecule has 21 aliphatic rings. The molecule has 0 aromatic rings. The summed E-state index contributed by atoms with van der Waals surface area (Å²) in [5.74, 6) is 3.73. The highest BCUT2D eigenvalue weighted by molar-refractivity contribution is 8.00. The van der Waals surface area contributed by atoms with E-state index in [2.05, 4.69) is 0 Å². The topological polar surface area (TPSA) is 595 Å². The van der Waals surface area contributed by atoms with Crippen molar-refractivity contribution in [3.8, 4) is 0 Å². The van der Waals surface area contributed by atoms with E-state index in [9.17, 15) is 71.5 Å². The van der Waals surface area contributed by atoms with Crippen LogP contribution in [0.15, 0.2) is 0 Å². The van der Waals surface area contributed by atoms with Crippen LogP contribution < -0.4 is 40.1 Å². The van der Waals surface area contributed by atoms with Gasteiger partial charge in [-0.05, 0) is 131 Å². The first-order valence-electron chi connectivity index (χ1n) is 36.3. The molecule has 35 atom stereocenters. The SMILES string of the molecule is NCCCSC[C@H]1O[C@H]2O[C@H]3[C@H](O)[C@@H](O)[C@H](O[C@H]4[C@H](O)[C@@H](O)[C@H](O[C@H]5[C@H](O)[C@@H](O)[C@H](O[C@H]6[C@H](O)[C@@H](O)[C@H](O[C@H]7[C@H](O)[C@@H](O)[C@H](O[C@H]8[C@H](O)[C@@H](O)[C@H](O[C@H]1[C@H](O)[C@H]2O)O[C@@H]8CSCCCN)O[C@@H]7CSCCCN)O[C@@H]6CSCCCN)O[C@@H]5CSCCCN)O[C@@H]4CSCCCN)O[C@@H]3CSCCCN. The summed E-state index contributed by atoms with van der Waals surface area (Å²) in [5, 5.41) is 171. The number of aliphatic hydroxyl groups is 14. The Balaban J connectivity index is 1.19. The van der Waals surface area contributed by atoms with Gasteiger partial charge < -0.3 is 178 Å². The molecule has 14 bridgehead atoms. The van der Waals surface area contributed by atoms with Crippen LogP contribution in [0.3, 0.4) is 0 Å². The Morgan fingerprint density at radius 3 is 0.390 bits per heavy atom. The summed E-state index contributed by atoms with van der Waals surface area (Å²) in [7, 11) is 0. The van der Waals surface area contributed by atoms with Crippen molar-refractivity contribution >= 4 is 82.3 Å². The Morgan fingerprint density at radius 1 is 0.171 bits per heavy atom. The van der Waals surface area contributed by atoms with Gasteiger partial charge in [0.25, 0.3) is 0 Å². The zero-order chi connectivity index (χ0) is 75.9. The zero-order valence-corrected chi connectivity index (χ0v) is 64.6. The second-order valence-electron chi connectivity index (χ2n) is 26.9. The molecule has 35 nitrogen and oxygen atoms in total. The van der Waals surface area contributed by atoms with E-state index in [1.807, 2.05) is 0 Å². The number of aliphatic hydroxyl groups excluding tert-OH is 14. The van der Waals surface area contributed by atoms with Crippen molar-refractivity contribution in [3.05, 3.63) is 0 Å². The minimum atomic E-state index is -2.00. The molecule has 42 heteroatoms. The number of ether oxygens (including phenoxy) is 14. The van der Waals surface area contributed by atoms with Gasteiger partial charge in [-0.1, -0.05) is 0 Å². The molecular formula is C63H119N7O28S7. The summed E-state index contributed by atoms with van der Waals surface area (Å²) in [6.07, 6.45) is -55.4. The summed E-state index contributed by atoms with van der Waals surface area (Å²) in [6.45, 7) is 2.33. The lowest BCUT2D eigenvalue weighted by Gasteiger charge is -2.50. The van der Waals surface area contributed by atoms with Crippen molar-refractivity contribution in [1.82, 2.24) is 0 Å². The average molecular weight is 1650 g/mol. The Hall–Kier alpha value is 1.05. The summed E-state index contributed by atoms with van der Waals surface area (Å²) >= 11 is 9.41. The third kappa shape index (κ3) is 25.0. The summed E-state index contributed by atoms with van der Waals surface area (Å²) in [4.78, 5) is 0. The van der Waals surface area contributed by atoms with Crippen molar-refractivity contribution in [2.75, 3.05) is 126 Å². The monoisotopic (exact) mass is 1650 g/mol. The van der Waals surface area contributed by atoms with Crippen LogP contribution >= 0.6 is 82.3 Å². The quantitative estimate of drug-likeness (QED) is 0.0262. The van der Waals surface area contributed by atoms with Crippen LogP contribution in [0.4, 0.5) is 0 Å². The number of thioether (sulfide) groups is 7. The van der Waals surface area contributed by atoms with Gasteiger partial charge in [-0.15, -0.1) is 0 Å². The molecule has 21 saturated heterocycles. The van der Waals surface area contributed by atoms with Crippen LogP contribution in [0.5, 0.6) is 0 Å². The van der Waals surface area contributed by atoms with Crippen LogP contribution in [0.1, 0.15) is 44.9 Å². The van der Waals surface area contributed by atoms with Crippen LogP contribution in [-0.4, -0.2) is 413 Å². The largest absolute Gasteiger partial charge is 0.387 e. The molecule has 0 aromatic carbocycles. The van der Waals surface area contributed by atoms with Gasteiger partial charge in [0.1, 0.15) is 128 Å². The molecule has 21 heterocycles. The molecule has 0 aromatic heterocycles. The number of rotatable bonds is 35. The van der Waals surface area contributed by atoms with E-state index in [1.54, 1.807) is 0 Å². The van der Waals surface area contributed by atoms with E-state index < -0.39 is 215 Å². The maximum Gasteiger partial charge on any atom is 0.187 e. The third-order valence-corrected chi connectivity index (χ3v) is 26.9. The van der Waals surface area contributed by atoms with Crippen molar-refractivity contribution in [2.45, 2.75) is 260 Å². The molecule has 28 N–H and O–H groups in total. The minimum Gasteiger partial charge on any atom is -0.387 e. The van der Waals surface area contributed by atoms with Crippen molar-refractivity contribution in [2.24, 2.45) is 40.1 Å². The highest BCUT2D eigenvalue weighted by Crippen LogP contribution is 2.42. The van der Waals surface area contributed by atoms with Gasteiger partial charge >= 0.3 is 0 Å². The molecule has 0 radical (unpaired) electrons. The highest BCUT2D eigenvalue weighted by atomic mass is 32.2. The first kappa shape index (κ1) is 91.6. The zero-order valence-electron chi connectivity index (χ0n) is 58.9. The van der Waals surface area contributed by atoms with Crippen LogP contribution in [0.25, 0.3) is 0 Å². The predicted octanol–water partition coefficient (Wildman–Crippen LogP) is -7.60. The molecule has 21 rings (SSSR count). The first-order valence-corrected chi connectivity index (χ1v) is 44.4. The van der Waals surface area contributed by atoms with Gasteiger partial charge in [0, 0.05) is 40.3 Å². The first-order chi connectivity index (χ1) is 50.7. The molecule has 21 fully saturated rings. The number of hydrogen-bond donors (Lipinski definition) is 21. The Morgan fingerprint density at radius 2 is 0.286 bits per heavy atom. The lowest BCUT2D eigenvalue weighted by molar-refractivity contribution is -0.389. The Bertz CT molecular complexity index is 1960. The summed E-state index contributed by atoms with van der Waals surface area (Å²) in [6, 6.07) is 0. The smallest absolute Gasteiger partial charge is 0.187 e. The molecule has 0 aliphatic carbocycles. The molecule has 21 aliphatic heterocycles. The number of nitrogens with two attached hydrogens (primary N) is 7. The molecule has 616 valence electrons. The molecular weight excluding hydrogens is 1530 g/mol. The minimum absolute atomic E-state index is 0.0395. The highest BCUT2D eigenvalue weighted by Gasteiger charge is 2.60. The van der Waals surface area contributed by atoms with Gasteiger partial charge in [0.05, 0.1) is 42.7 Å². The summed E-state index contributed by atoms with van der Waals surface area (Å²) < 4.78 is 90.5. The van der Waals surface area contributed by atoms with Gasteiger partial charge in [-0.25, -0.2) is 0 Å². The Kier molecular flexibility index (Phi) is 41.3. The molecule has 0 amide bonds. The molecule has 105 heavy (non-hydrogen) atoms. The average Bonchev–Trinajstić information content (AvgIpc) is 0.793. The maximum atomic E-state index is 12.3. The summed E-state index contributed by atoms with van der Waals surface area (Å²) in [5.41, 5.74) is 41.1. The maximum absolute atomic E-state index is 12.3. The normalized spacial score (nSPS) is 43.8. The molecule has 0 unspecified atom stereocenters. The van der Waals surface area contributed by atoms with E-state index >= 15 is 0 Å².